The maximum Gasteiger partial charge on any atom is 2.00 e. The van der Waals surface area contributed by atoms with Gasteiger partial charge in [0, 0.05) is 11.4 Å². The second kappa shape index (κ2) is 8.58. The van der Waals surface area contributed by atoms with Gasteiger partial charge < -0.3 is 20.6 Å². The van der Waals surface area contributed by atoms with Crippen LogP contribution in [-0.2, 0) is 20.2 Å². The van der Waals surface area contributed by atoms with Crippen LogP contribution in [0.5, 0.6) is 0 Å². The molecule has 122 valence electrons. The van der Waals surface area contributed by atoms with Gasteiger partial charge in [-0.05, 0) is 48.5 Å². The Bertz CT molecular complexity index is 761. The van der Waals surface area contributed by atoms with Crippen LogP contribution in [0, 0.1) is 0 Å². The molecule has 8 nitrogen and oxygen atoms in total. The number of nitrogens with two attached hydrogens (primary N) is 2. The largest absolute Gasteiger partial charge is 2.00 e. The SMILES string of the molecule is Nc1ccc(S(=O)(=O)[O-])cc1.Nc1ccc(S(=O)(=O)[O-])cc1.[Pb+2]. The first-order valence-electron chi connectivity index (χ1n) is 5.63. The molecule has 0 atom stereocenters. The van der Waals surface area contributed by atoms with Crippen LogP contribution in [0.3, 0.4) is 0 Å². The van der Waals surface area contributed by atoms with E-state index < -0.39 is 20.2 Å². The Kier molecular flexibility index (Phi) is 8.13. The van der Waals surface area contributed by atoms with E-state index in [4.69, 9.17) is 11.5 Å². The van der Waals surface area contributed by atoms with Gasteiger partial charge in [0.2, 0.25) is 0 Å². The van der Waals surface area contributed by atoms with E-state index in [-0.39, 0.29) is 37.1 Å². The summed E-state index contributed by atoms with van der Waals surface area (Å²) >= 11 is 0. The van der Waals surface area contributed by atoms with Crippen molar-refractivity contribution in [3.05, 3.63) is 48.5 Å². The van der Waals surface area contributed by atoms with Gasteiger partial charge in [0.1, 0.15) is 20.2 Å². The number of anilines is 2. The Morgan fingerprint density at radius 1 is 0.609 bits per heavy atom. The second-order valence-electron chi connectivity index (χ2n) is 4.05. The van der Waals surface area contributed by atoms with Gasteiger partial charge in [-0.1, -0.05) is 0 Å². The molecule has 0 saturated heterocycles. The predicted molar refractivity (Wildman–Crippen MR) is 83.4 cm³/mol. The van der Waals surface area contributed by atoms with Crippen LogP contribution in [0.4, 0.5) is 11.4 Å². The maximum absolute atomic E-state index is 10.3. The first kappa shape index (κ1) is 21.8. The third kappa shape index (κ3) is 7.74. The number of nitrogen functional groups attached to an aromatic ring is 2. The van der Waals surface area contributed by atoms with Gasteiger partial charge in [0.15, 0.2) is 0 Å². The summed E-state index contributed by atoms with van der Waals surface area (Å²) in [5.41, 5.74) is 11.4. The van der Waals surface area contributed by atoms with Crippen LogP contribution >= 0.6 is 0 Å². The Balaban J connectivity index is 0.000000403. The topological polar surface area (TPSA) is 166 Å². The molecule has 0 bridgehead atoms. The van der Waals surface area contributed by atoms with Gasteiger partial charge in [0.05, 0.1) is 9.79 Å². The van der Waals surface area contributed by atoms with Crippen molar-refractivity contribution in [2.24, 2.45) is 0 Å². The quantitative estimate of drug-likeness (QED) is 0.298. The minimum absolute atomic E-state index is 0. The third-order valence-electron chi connectivity index (χ3n) is 2.34. The third-order valence-corrected chi connectivity index (χ3v) is 4.04. The maximum atomic E-state index is 10.3. The smallest absolute Gasteiger partial charge is 0.744 e. The predicted octanol–water partition coefficient (Wildman–Crippen LogP) is -0.0350. The van der Waals surface area contributed by atoms with Crippen molar-refractivity contribution in [3.63, 3.8) is 0 Å². The fraction of sp³-hybridized carbons (Fsp3) is 0. The molecule has 0 aromatic heterocycles. The van der Waals surface area contributed by atoms with E-state index in [1.54, 1.807) is 0 Å². The Morgan fingerprint density at radius 3 is 1.00 bits per heavy atom. The molecule has 0 saturated carbocycles. The Hall–Kier alpha value is -1.22. The zero-order chi connectivity index (χ0) is 17.0. The molecule has 2 aromatic carbocycles. The number of rotatable bonds is 2. The van der Waals surface area contributed by atoms with E-state index in [0.29, 0.717) is 11.4 Å². The molecular weight excluding hydrogens is 539 g/mol. The summed E-state index contributed by atoms with van der Waals surface area (Å²) in [6.07, 6.45) is 0. The number of hydrogen-bond acceptors (Lipinski definition) is 8. The van der Waals surface area contributed by atoms with E-state index in [0.717, 1.165) is 0 Å². The average Bonchev–Trinajstić information content (AvgIpc) is 2.38. The molecule has 2 rings (SSSR count). The van der Waals surface area contributed by atoms with E-state index in [1.165, 1.54) is 48.5 Å². The van der Waals surface area contributed by atoms with Crippen LogP contribution in [0.25, 0.3) is 0 Å². The summed E-state index contributed by atoms with van der Waals surface area (Å²) in [4.78, 5) is -0.515. The van der Waals surface area contributed by atoms with E-state index in [2.05, 4.69) is 0 Å². The van der Waals surface area contributed by atoms with E-state index in [1.807, 2.05) is 0 Å². The van der Waals surface area contributed by atoms with E-state index >= 15 is 0 Å². The molecule has 0 aliphatic rings. The molecule has 0 amide bonds. The van der Waals surface area contributed by atoms with Crippen molar-refractivity contribution in [2.45, 2.75) is 9.79 Å². The normalized spacial score (nSPS) is 10.9. The zero-order valence-electron chi connectivity index (χ0n) is 11.5. The summed E-state index contributed by atoms with van der Waals surface area (Å²) in [7, 11) is -8.65. The minimum atomic E-state index is -4.33. The summed E-state index contributed by atoms with van der Waals surface area (Å²) in [5.74, 6) is 0. The number of benzene rings is 2. The summed E-state index contributed by atoms with van der Waals surface area (Å²) in [5, 5.41) is 0. The van der Waals surface area contributed by atoms with Crippen LogP contribution in [0.15, 0.2) is 58.3 Å². The van der Waals surface area contributed by atoms with Crippen molar-refractivity contribution < 1.29 is 25.9 Å². The Morgan fingerprint density at radius 2 is 0.826 bits per heavy atom. The molecule has 4 N–H and O–H groups in total. The Labute approximate surface area is 154 Å². The standard InChI is InChI=1S/2C6H7NO3S.Pb/c2*7-5-1-3-6(4-2-5)11(8,9)10;/h2*1-4H,7H2,(H,8,9,10);/q;;+2/p-2. The molecule has 0 unspecified atom stereocenters. The summed E-state index contributed by atoms with van der Waals surface area (Å²) in [6.45, 7) is 0. The first-order valence-corrected chi connectivity index (χ1v) is 8.44. The van der Waals surface area contributed by atoms with Gasteiger partial charge in [-0.25, -0.2) is 16.8 Å². The fourth-order valence-corrected chi connectivity index (χ4v) is 2.21. The van der Waals surface area contributed by atoms with Gasteiger partial charge in [0.25, 0.3) is 0 Å². The monoisotopic (exact) mass is 552 g/mol. The van der Waals surface area contributed by atoms with Crippen molar-refractivity contribution in [3.8, 4) is 0 Å². The first-order chi connectivity index (χ1) is 10.00. The van der Waals surface area contributed by atoms with Crippen molar-refractivity contribution in [1.82, 2.24) is 0 Å². The zero-order valence-corrected chi connectivity index (χ0v) is 17.1. The molecule has 23 heavy (non-hydrogen) atoms. The van der Waals surface area contributed by atoms with Crippen LogP contribution < -0.4 is 11.5 Å². The van der Waals surface area contributed by atoms with Crippen molar-refractivity contribution in [2.75, 3.05) is 11.5 Å². The molecule has 0 aliphatic heterocycles. The van der Waals surface area contributed by atoms with Crippen molar-refractivity contribution >= 4 is 58.9 Å². The second-order valence-corrected chi connectivity index (χ2v) is 6.81. The molecule has 2 aromatic rings. The summed E-state index contributed by atoms with van der Waals surface area (Å²) < 4.78 is 62.1. The molecule has 2 radical (unpaired) electrons. The van der Waals surface area contributed by atoms with Gasteiger partial charge >= 0.3 is 27.3 Å². The molecule has 0 aliphatic carbocycles. The summed E-state index contributed by atoms with van der Waals surface area (Å²) in [6, 6.07) is 10.2. The van der Waals surface area contributed by atoms with Crippen LogP contribution in [-0.4, -0.2) is 53.2 Å². The molecule has 0 spiro atoms. The molecule has 0 heterocycles. The van der Waals surface area contributed by atoms with Crippen LogP contribution in [0.1, 0.15) is 0 Å². The molecule has 11 heteroatoms. The van der Waals surface area contributed by atoms with E-state index in [9.17, 15) is 25.9 Å². The molecule has 0 fully saturated rings. The average molecular weight is 552 g/mol. The number of hydrogen-bond donors (Lipinski definition) is 2. The fourth-order valence-electron chi connectivity index (χ4n) is 1.27. The minimum Gasteiger partial charge on any atom is -0.744 e. The van der Waals surface area contributed by atoms with Crippen LogP contribution in [0.2, 0.25) is 0 Å². The van der Waals surface area contributed by atoms with Gasteiger partial charge in [-0.15, -0.1) is 0 Å². The molecular formula is C12H12N2O6PbS2. The van der Waals surface area contributed by atoms with Crippen molar-refractivity contribution in [1.29, 1.82) is 0 Å². The van der Waals surface area contributed by atoms with Gasteiger partial charge in [-0.2, -0.15) is 0 Å². The van der Waals surface area contributed by atoms with Gasteiger partial charge in [-0.3, -0.25) is 0 Å².